The first-order chi connectivity index (χ1) is 11.8. The average molecular weight is 326 g/mol. The number of benzene rings is 1. The van der Waals surface area contributed by atoms with E-state index in [-0.39, 0.29) is 6.04 Å². The minimum Gasteiger partial charge on any atom is -0.322 e. The highest BCUT2D eigenvalue weighted by atomic mass is 15.6. The topological polar surface area (TPSA) is 48.0 Å². The van der Waals surface area contributed by atoms with Gasteiger partial charge in [0.25, 0.3) is 0 Å². The predicted molar refractivity (Wildman–Crippen MR) is 92.7 cm³/mol. The van der Waals surface area contributed by atoms with E-state index in [0.29, 0.717) is 6.04 Å². The predicted octanol–water partition coefficient (Wildman–Crippen LogP) is 2.19. The van der Waals surface area contributed by atoms with Crippen molar-refractivity contribution in [2.75, 3.05) is 13.1 Å². The molecule has 5 heteroatoms. The normalized spacial score (nSPS) is 26.5. The highest BCUT2D eigenvalue weighted by molar-refractivity contribution is 5.22. The van der Waals surface area contributed by atoms with E-state index < -0.39 is 0 Å². The molecule has 1 aromatic carbocycles. The lowest BCUT2D eigenvalue weighted by Crippen LogP contribution is -3.13. The molecule has 1 aliphatic heterocycles. The van der Waals surface area contributed by atoms with E-state index in [2.05, 4.69) is 57.5 Å². The number of nitrogens with one attached hydrogen (secondary N) is 1. The summed E-state index contributed by atoms with van der Waals surface area (Å²) in [6.45, 7) is 4.79. The standard InChI is InChI=1S/C19H27N5/c1-15-11-13-23(14-12-15)18(16-7-3-2-4-8-16)19-20-21-22-24(19)17-9-5-6-10-17/h2-4,7-8,15,17-18H,5-6,9-14H2,1H3/p+1/t18-/m1/s1. The molecule has 5 nitrogen and oxygen atoms in total. The number of piperidine rings is 1. The van der Waals surface area contributed by atoms with Crippen molar-refractivity contribution in [1.29, 1.82) is 0 Å². The molecule has 1 saturated carbocycles. The lowest BCUT2D eigenvalue weighted by Gasteiger charge is -2.33. The summed E-state index contributed by atoms with van der Waals surface area (Å²) in [7, 11) is 0. The molecule has 1 N–H and O–H groups in total. The van der Waals surface area contributed by atoms with Crippen molar-refractivity contribution in [2.24, 2.45) is 5.92 Å². The highest BCUT2D eigenvalue weighted by Gasteiger charge is 2.35. The van der Waals surface area contributed by atoms with E-state index in [4.69, 9.17) is 0 Å². The number of aromatic nitrogens is 4. The van der Waals surface area contributed by atoms with Gasteiger partial charge in [-0.25, -0.2) is 4.68 Å². The van der Waals surface area contributed by atoms with Crippen LogP contribution in [0.5, 0.6) is 0 Å². The van der Waals surface area contributed by atoms with Gasteiger partial charge in [-0.05, 0) is 42.0 Å². The van der Waals surface area contributed by atoms with Gasteiger partial charge in [0.15, 0.2) is 6.04 Å². The zero-order valence-corrected chi connectivity index (χ0v) is 14.6. The van der Waals surface area contributed by atoms with Crippen molar-refractivity contribution in [1.82, 2.24) is 20.2 Å². The number of hydrogen-bond acceptors (Lipinski definition) is 3. The van der Waals surface area contributed by atoms with Crippen molar-refractivity contribution in [3.8, 4) is 0 Å². The molecular formula is C19H28N5+. The second-order valence-corrected chi connectivity index (χ2v) is 7.60. The largest absolute Gasteiger partial charge is 0.322 e. The summed E-state index contributed by atoms with van der Waals surface area (Å²) >= 11 is 0. The quantitative estimate of drug-likeness (QED) is 0.937. The van der Waals surface area contributed by atoms with Gasteiger partial charge in [0.05, 0.1) is 19.1 Å². The third-order valence-corrected chi connectivity index (χ3v) is 5.90. The monoisotopic (exact) mass is 326 g/mol. The van der Waals surface area contributed by atoms with Crippen molar-refractivity contribution in [3.05, 3.63) is 41.7 Å². The molecule has 1 aromatic heterocycles. The zero-order valence-electron chi connectivity index (χ0n) is 14.6. The number of rotatable bonds is 4. The Morgan fingerprint density at radius 3 is 2.46 bits per heavy atom. The summed E-state index contributed by atoms with van der Waals surface area (Å²) in [5.41, 5.74) is 1.34. The van der Waals surface area contributed by atoms with E-state index >= 15 is 0 Å². The molecule has 2 fully saturated rings. The van der Waals surface area contributed by atoms with Gasteiger partial charge in [0.2, 0.25) is 5.82 Å². The van der Waals surface area contributed by atoms with Crippen LogP contribution < -0.4 is 4.90 Å². The van der Waals surface area contributed by atoms with Crippen molar-refractivity contribution >= 4 is 0 Å². The summed E-state index contributed by atoms with van der Waals surface area (Å²) in [6, 6.07) is 11.6. The second kappa shape index (κ2) is 7.01. The molecule has 2 heterocycles. The van der Waals surface area contributed by atoms with E-state index in [0.717, 1.165) is 11.7 Å². The summed E-state index contributed by atoms with van der Waals surface area (Å²) in [6.07, 6.45) is 7.62. The molecule has 0 bridgehead atoms. The molecule has 2 aromatic rings. The molecule has 0 amide bonds. The minimum atomic E-state index is 0.259. The van der Waals surface area contributed by atoms with Gasteiger partial charge in [-0.1, -0.05) is 50.1 Å². The number of quaternary nitrogens is 1. The van der Waals surface area contributed by atoms with Crippen LogP contribution in [0.25, 0.3) is 0 Å². The third kappa shape index (κ3) is 3.09. The maximum atomic E-state index is 4.51. The summed E-state index contributed by atoms with van der Waals surface area (Å²) in [4.78, 5) is 1.62. The fourth-order valence-corrected chi connectivity index (χ4v) is 4.43. The first-order valence-corrected chi connectivity index (χ1v) is 9.50. The van der Waals surface area contributed by atoms with Gasteiger partial charge in [-0.15, -0.1) is 5.10 Å². The Morgan fingerprint density at radius 2 is 1.75 bits per heavy atom. The van der Waals surface area contributed by atoms with E-state index in [9.17, 15) is 0 Å². The van der Waals surface area contributed by atoms with Crippen molar-refractivity contribution < 1.29 is 4.90 Å². The molecule has 24 heavy (non-hydrogen) atoms. The Labute approximate surface area is 144 Å². The summed E-state index contributed by atoms with van der Waals surface area (Å²) in [5, 5.41) is 13.0. The lowest BCUT2D eigenvalue weighted by atomic mass is 9.95. The Morgan fingerprint density at radius 1 is 1.04 bits per heavy atom. The third-order valence-electron chi connectivity index (χ3n) is 5.90. The van der Waals surface area contributed by atoms with Crippen LogP contribution in [-0.2, 0) is 0 Å². The van der Waals surface area contributed by atoms with Gasteiger partial charge < -0.3 is 4.90 Å². The summed E-state index contributed by atoms with van der Waals surface area (Å²) in [5.74, 6) is 1.91. The van der Waals surface area contributed by atoms with E-state index in [1.54, 1.807) is 4.90 Å². The van der Waals surface area contributed by atoms with Crippen LogP contribution in [0, 0.1) is 5.92 Å². The fourth-order valence-electron chi connectivity index (χ4n) is 4.43. The molecule has 1 aliphatic carbocycles. The highest BCUT2D eigenvalue weighted by Crippen LogP contribution is 2.31. The van der Waals surface area contributed by atoms with E-state index in [1.807, 2.05) is 0 Å². The van der Waals surface area contributed by atoms with Crippen LogP contribution in [0.3, 0.4) is 0 Å². The van der Waals surface area contributed by atoms with Crippen LogP contribution in [0.4, 0.5) is 0 Å². The van der Waals surface area contributed by atoms with Gasteiger partial charge in [-0.2, -0.15) is 0 Å². The van der Waals surface area contributed by atoms with Gasteiger partial charge in [-0.3, -0.25) is 0 Å². The van der Waals surface area contributed by atoms with Crippen LogP contribution in [0.2, 0.25) is 0 Å². The van der Waals surface area contributed by atoms with Crippen molar-refractivity contribution in [3.63, 3.8) is 0 Å². The maximum Gasteiger partial charge on any atom is 0.214 e. The molecule has 4 rings (SSSR count). The molecule has 1 atom stereocenters. The molecule has 1 saturated heterocycles. The molecule has 2 aliphatic rings. The van der Waals surface area contributed by atoms with Gasteiger partial charge >= 0.3 is 0 Å². The fraction of sp³-hybridized carbons (Fsp3) is 0.632. The van der Waals surface area contributed by atoms with Crippen LogP contribution >= 0.6 is 0 Å². The molecular weight excluding hydrogens is 298 g/mol. The van der Waals surface area contributed by atoms with Gasteiger partial charge in [0.1, 0.15) is 0 Å². The van der Waals surface area contributed by atoms with Crippen molar-refractivity contribution in [2.45, 2.75) is 57.5 Å². The summed E-state index contributed by atoms with van der Waals surface area (Å²) < 4.78 is 2.15. The van der Waals surface area contributed by atoms with E-state index in [1.165, 1.54) is 57.2 Å². The average Bonchev–Trinajstić information content (AvgIpc) is 3.29. The SMILES string of the molecule is CC1CC[NH+]([C@H](c2ccccc2)c2nnnn2C2CCCC2)CC1. The maximum absolute atomic E-state index is 4.51. The molecule has 0 radical (unpaired) electrons. The Kier molecular flexibility index (Phi) is 4.60. The Balaban J connectivity index is 1.69. The molecule has 0 spiro atoms. The Bertz CT molecular complexity index is 639. The van der Waals surface area contributed by atoms with Crippen LogP contribution in [0.1, 0.15) is 68.9 Å². The number of likely N-dealkylation sites (tertiary alicyclic amines) is 1. The number of hydrogen-bond donors (Lipinski definition) is 1. The zero-order chi connectivity index (χ0) is 16.4. The van der Waals surface area contributed by atoms with Crippen LogP contribution in [-0.4, -0.2) is 33.3 Å². The first kappa shape index (κ1) is 15.8. The van der Waals surface area contributed by atoms with Crippen LogP contribution in [0.15, 0.2) is 30.3 Å². The lowest BCUT2D eigenvalue weighted by molar-refractivity contribution is -0.932. The molecule has 128 valence electrons. The number of nitrogens with zero attached hydrogens (tertiary/aromatic N) is 4. The van der Waals surface area contributed by atoms with Gasteiger partial charge in [0, 0.05) is 5.56 Å². The Hall–Kier alpha value is -1.75. The minimum absolute atomic E-state index is 0.259. The smallest absolute Gasteiger partial charge is 0.214 e. The molecule has 0 unspecified atom stereocenters. The number of tetrazole rings is 1. The first-order valence-electron chi connectivity index (χ1n) is 9.50. The second-order valence-electron chi connectivity index (χ2n) is 7.60.